The van der Waals surface area contributed by atoms with E-state index in [9.17, 15) is 4.79 Å². The summed E-state index contributed by atoms with van der Waals surface area (Å²) in [7, 11) is 0. The molecule has 0 spiro atoms. The van der Waals surface area contributed by atoms with Crippen LogP contribution in [0.2, 0.25) is 0 Å². The average molecular weight is 374 g/mol. The molecule has 1 aromatic carbocycles. The first-order valence-electron chi connectivity index (χ1n) is 10.2. The highest BCUT2D eigenvalue weighted by Gasteiger charge is 2.24. The maximum absolute atomic E-state index is 12.9. The smallest absolute Gasteiger partial charge is 0.246 e. The van der Waals surface area contributed by atoms with Crippen molar-refractivity contribution < 1.29 is 4.79 Å². The van der Waals surface area contributed by atoms with Gasteiger partial charge in [-0.05, 0) is 56.4 Å². The zero-order chi connectivity index (χ0) is 19.5. The Bertz CT molecular complexity index is 1000. The summed E-state index contributed by atoms with van der Waals surface area (Å²) < 4.78 is 1.90. The van der Waals surface area contributed by atoms with Gasteiger partial charge in [0.25, 0.3) is 0 Å². The van der Waals surface area contributed by atoms with Crippen LogP contribution in [-0.4, -0.2) is 33.0 Å². The highest BCUT2D eigenvalue weighted by atomic mass is 16.2. The van der Waals surface area contributed by atoms with Crippen molar-refractivity contribution >= 4 is 17.5 Å². The lowest BCUT2D eigenvalue weighted by Gasteiger charge is -2.34. The van der Waals surface area contributed by atoms with Crippen LogP contribution in [0.5, 0.6) is 0 Å². The molecule has 2 aromatic heterocycles. The predicted octanol–water partition coefficient (Wildman–Crippen LogP) is 5.11. The van der Waals surface area contributed by atoms with Gasteiger partial charge in [-0.3, -0.25) is 4.79 Å². The Balaban J connectivity index is 1.73. The molecular formula is C24H27N3O. The lowest BCUT2D eigenvalue weighted by molar-refractivity contribution is -0.129. The minimum atomic E-state index is 0.109. The number of hydrogen-bond acceptors (Lipinski definition) is 2. The first-order valence-corrected chi connectivity index (χ1v) is 10.2. The molecule has 1 saturated heterocycles. The topological polar surface area (TPSA) is 37.6 Å². The van der Waals surface area contributed by atoms with Gasteiger partial charge in [0.1, 0.15) is 5.69 Å². The van der Waals surface area contributed by atoms with Crippen LogP contribution in [0, 0.1) is 6.92 Å². The number of aromatic nitrogens is 2. The summed E-state index contributed by atoms with van der Waals surface area (Å²) in [5.74, 6) is 0.109. The third-order valence-electron chi connectivity index (χ3n) is 5.65. The zero-order valence-corrected chi connectivity index (χ0v) is 16.6. The Kier molecular flexibility index (Phi) is 5.29. The van der Waals surface area contributed by atoms with Crippen molar-refractivity contribution in [3.63, 3.8) is 0 Å². The third-order valence-corrected chi connectivity index (χ3v) is 5.65. The van der Waals surface area contributed by atoms with Crippen molar-refractivity contribution in [1.82, 2.24) is 14.5 Å². The number of likely N-dealkylation sites (tertiary alicyclic amines) is 1. The summed E-state index contributed by atoms with van der Waals surface area (Å²) >= 11 is 0. The molecule has 4 nitrogen and oxygen atoms in total. The van der Waals surface area contributed by atoms with Crippen LogP contribution in [0.1, 0.15) is 43.7 Å². The largest absolute Gasteiger partial charge is 0.336 e. The summed E-state index contributed by atoms with van der Waals surface area (Å²) in [4.78, 5) is 15.0. The number of nitrogens with zero attached hydrogens (tertiary/aromatic N) is 3. The molecule has 3 heterocycles. The maximum Gasteiger partial charge on any atom is 0.246 e. The van der Waals surface area contributed by atoms with Crippen LogP contribution in [0.25, 0.3) is 22.9 Å². The molecule has 0 bridgehead atoms. The van der Waals surface area contributed by atoms with Gasteiger partial charge in [-0.15, -0.1) is 0 Å². The van der Waals surface area contributed by atoms with Crippen molar-refractivity contribution in [3.8, 4) is 11.3 Å². The highest BCUT2D eigenvalue weighted by Crippen LogP contribution is 2.28. The lowest BCUT2D eigenvalue weighted by Crippen LogP contribution is -2.42. The molecule has 0 aliphatic carbocycles. The van der Waals surface area contributed by atoms with Crippen molar-refractivity contribution in [2.45, 2.75) is 45.6 Å². The molecule has 28 heavy (non-hydrogen) atoms. The van der Waals surface area contributed by atoms with E-state index in [1.54, 1.807) is 6.08 Å². The average Bonchev–Trinajstić information content (AvgIpc) is 3.10. The number of pyridine rings is 1. The van der Waals surface area contributed by atoms with Gasteiger partial charge in [-0.2, -0.15) is 5.10 Å². The predicted molar refractivity (Wildman–Crippen MR) is 114 cm³/mol. The minimum absolute atomic E-state index is 0.109. The summed E-state index contributed by atoms with van der Waals surface area (Å²) in [5.41, 5.74) is 5.15. The zero-order valence-electron chi connectivity index (χ0n) is 16.6. The molecule has 1 amide bonds. The Hall–Kier alpha value is -2.88. The van der Waals surface area contributed by atoms with Gasteiger partial charge in [-0.1, -0.05) is 37.3 Å². The summed E-state index contributed by atoms with van der Waals surface area (Å²) in [6.07, 6.45) is 10.1. The molecule has 0 N–H and O–H groups in total. The number of piperidine rings is 1. The Labute approximate surface area is 166 Å². The molecule has 1 aliphatic rings. The lowest BCUT2D eigenvalue weighted by atomic mass is 9.99. The summed E-state index contributed by atoms with van der Waals surface area (Å²) in [5, 5.41) is 4.79. The van der Waals surface area contributed by atoms with Crippen molar-refractivity contribution in [2.75, 3.05) is 6.54 Å². The van der Waals surface area contributed by atoms with Crippen LogP contribution < -0.4 is 0 Å². The molecule has 1 atom stereocenters. The van der Waals surface area contributed by atoms with E-state index in [1.807, 2.05) is 46.0 Å². The van der Waals surface area contributed by atoms with E-state index >= 15 is 0 Å². The van der Waals surface area contributed by atoms with Gasteiger partial charge in [0, 0.05) is 36.0 Å². The van der Waals surface area contributed by atoms with Gasteiger partial charge in [-0.25, -0.2) is 4.52 Å². The van der Waals surface area contributed by atoms with E-state index in [-0.39, 0.29) is 5.91 Å². The summed E-state index contributed by atoms with van der Waals surface area (Å²) in [6, 6.07) is 14.7. The van der Waals surface area contributed by atoms with Crippen LogP contribution in [0.4, 0.5) is 0 Å². The number of rotatable bonds is 4. The van der Waals surface area contributed by atoms with Crippen LogP contribution >= 0.6 is 0 Å². The molecule has 3 aromatic rings. The van der Waals surface area contributed by atoms with Gasteiger partial charge in [0.15, 0.2) is 0 Å². The van der Waals surface area contributed by atoms with E-state index in [1.165, 1.54) is 12.0 Å². The van der Waals surface area contributed by atoms with Crippen LogP contribution in [-0.2, 0) is 4.79 Å². The van der Waals surface area contributed by atoms with Crippen molar-refractivity contribution in [1.29, 1.82) is 0 Å². The molecule has 0 saturated carbocycles. The van der Waals surface area contributed by atoms with Crippen molar-refractivity contribution in [3.05, 3.63) is 65.9 Å². The van der Waals surface area contributed by atoms with Crippen LogP contribution in [0.3, 0.4) is 0 Å². The molecule has 4 rings (SSSR count). The van der Waals surface area contributed by atoms with Crippen molar-refractivity contribution in [2.24, 2.45) is 0 Å². The monoisotopic (exact) mass is 373 g/mol. The molecule has 4 heteroatoms. The number of fused-ring (bicyclic) bond motifs is 1. The molecule has 0 radical (unpaired) electrons. The quantitative estimate of drug-likeness (QED) is 0.596. The molecule has 1 aliphatic heterocycles. The van der Waals surface area contributed by atoms with E-state index in [0.717, 1.165) is 48.1 Å². The van der Waals surface area contributed by atoms with Gasteiger partial charge in [0.2, 0.25) is 5.91 Å². The first kappa shape index (κ1) is 18.5. The number of hydrogen-bond donors (Lipinski definition) is 0. The van der Waals surface area contributed by atoms with E-state index in [2.05, 4.69) is 32.0 Å². The third kappa shape index (κ3) is 3.59. The number of carbonyl (C=O) groups is 1. The number of aryl methyl sites for hydroxylation is 1. The minimum Gasteiger partial charge on any atom is -0.336 e. The van der Waals surface area contributed by atoms with Gasteiger partial charge in [0.05, 0.1) is 5.52 Å². The molecule has 1 unspecified atom stereocenters. The SMILES string of the molecule is CCC1CCCCN1C(=O)C=Cc1c(-c2ccccc2)nn2ccc(C)cc12. The standard InChI is InChI=1S/C24H27N3O/c1-3-20-11-7-8-15-26(20)23(28)13-12-21-22-17-18(2)14-16-27(22)25-24(21)19-9-5-4-6-10-19/h4-6,9-10,12-14,16-17,20H,3,7-8,11,15H2,1-2H3. The van der Waals surface area contributed by atoms with Gasteiger partial charge >= 0.3 is 0 Å². The van der Waals surface area contributed by atoms with E-state index in [0.29, 0.717) is 6.04 Å². The Morgan fingerprint density at radius 1 is 1.21 bits per heavy atom. The van der Waals surface area contributed by atoms with E-state index in [4.69, 9.17) is 5.10 Å². The Morgan fingerprint density at radius 3 is 2.82 bits per heavy atom. The van der Waals surface area contributed by atoms with Crippen LogP contribution in [0.15, 0.2) is 54.7 Å². The fourth-order valence-electron chi connectivity index (χ4n) is 4.11. The second kappa shape index (κ2) is 8.01. The fourth-order valence-corrected chi connectivity index (χ4v) is 4.11. The van der Waals surface area contributed by atoms with E-state index < -0.39 is 0 Å². The first-order chi connectivity index (χ1) is 13.7. The highest BCUT2D eigenvalue weighted by molar-refractivity contribution is 5.95. The second-order valence-electron chi connectivity index (χ2n) is 7.59. The molecular weight excluding hydrogens is 346 g/mol. The number of benzene rings is 1. The van der Waals surface area contributed by atoms with Gasteiger partial charge < -0.3 is 4.90 Å². The number of carbonyl (C=O) groups excluding carboxylic acids is 1. The summed E-state index contributed by atoms with van der Waals surface area (Å²) in [6.45, 7) is 5.11. The second-order valence-corrected chi connectivity index (χ2v) is 7.59. The normalized spacial score (nSPS) is 17.5. The maximum atomic E-state index is 12.9. The molecule has 144 valence electrons. The fraction of sp³-hybridized carbons (Fsp3) is 0.333. The Morgan fingerprint density at radius 2 is 2.04 bits per heavy atom. The number of amides is 1. The molecule has 1 fully saturated rings.